The van der Waals surface area contributed by atoms with Gasteiger partial charge in [0.25, 0.3) is 5.69 Å². The number of nitro groups is 1. The van der Waals surface area contributed by atoms with E-state index in [2.05, 4.69) is 45.2 Å². The number of non-ortho nitro benzene ring substituents is 1. The molecular weight excluding hydrogens is 428 g/mol. The Hall–Kier alpha value is 0.0400. The van der Waals surface area contributed by atoms with E-state index in [1.807, 2.05) is 5.38 Å². The van der Waals surface area contributed by atoms with Crippen LogP contribution >= 0.6 is 56.5 Å². The highest BCUT2D eigenvalue weighted by atomic mass is 127. The molecule has 3 nitrogen and oxygen atoms in total. The second kappa shape index (κ2) is 3.89. The van der Waals surface area contributed by atoms with Crippen molar-refractivity contribution < 1.29 is 4.92 Å². The van der Waals surface area contributed by atoms with E-state index >= 15 is 0 Å². The SMILES string of the molecule is O=[N+]([O-])c1cc(I)c2c(I)csc2c1. The van der Waals surface area contributed by atoms with Gasteiger partial charge >= 0.3 is 0 Å². The molecule has 1 aromatic carbocycles. The summed E-state index contributed by atoms with van der Waals surface area (Å²) >= 11 is 5.92. The van der Waals surface area contributed by atoms with Crippen molar-refractivity contribution in [3.63, 3.8) is 0 Å². The summed E-state index contributed by atoms with van der Waals surface area (Å²) < 4.78 is 3.08. The quantitative estimate of drug-likeness (QED) is 0.389. The van der Waals surface area contributed by atoms with Crippen molar-refractivity contribution in [2.24, 2.45) is 0 Å². The normalized spacial score (nSPS) is 10.7. The minimum Gasteiger partial charge on any atom is -0.258 e. The molecule has 2 aromatic rings. The van der Waals surface area contributed by atoms with E-state index < -0.39 is 0 Å². The summed E-state index contributed by atoms with van der Waals surface area (Å²) in [5.74, 6) is 0. The van der Waals surface area contributed by atoms with Crippen LogP contribution in [0.4, 0.5) is 5.69 Å². The van der Waals surface area contributed by atoms with Gasteiger partial charge in [-0.15, -0.1) is 11.3 Å². The van der Waals surface area contributed by atoms with E-state index in [4.69, 9.17) is 0 Å². The average Bonchev–Trinajstić information content (AvgIpc) is 2.48. The third kappa shape index (κ3) is 1.74. The molecule has 0 aliphatic heterocycles. The first-order valence-corrected chi connectivity index (χ1v) is 6.64. The van der Waals surface area contributed by atoms with Crippen LogP contribution in [0.1, 0.15) is 0 Å². The van der Waals surface area contributed by atoms with E-state index in [1.54, 1.807) is 23.5 Å². The zero-order valence-corrected chi connectivity index (χ0v) is 11.8. The molecule has 2 rings (SSSR count). The number of nitro benzene ring substituents is 1. The zero-order valence-electron chi connectivity index (χ0n) is 6.66. The third-order valence-corrected chi connectivity index (χ3v) is 4.83. The van der Waals surface area contributed by atoms with Gasteiger partial charge in [-0.3, -0.25) is 10.1 Å². The molecule has 1 heterocycles. The molecule has 0 bridgehead atoms. The average molecular weight is 431 g/mol. The van der Waals surface area contributed by atoms with Crippen LogP contribution in [0.15, 0.2) is 17.5 Å². The highest BCUT2D eigenvalue weighted by Crippen LogP contribution is 2.34. The first-order valence-electron chi connectivity index (χ1n) is 3.60. The zero-order chi connectivity index (χ0) is 10.3. The molecule has 0 amide bonds. The minimum absolute atomic E-state index is 0.167. The minimum atomic E-state index is -0.353. The van der Waals surface area contributed by atoms with Crippen molar-refractivity contribution in [3.8, 4) is 0 Å². The lowest BCUT2D eigenvalue weighted by atomic mass is 10.2. The lowest BCUT2D eigenvalue weighted by molar-refractivity contribution is -0.384. The topological polar surface area (TPSA) is 43.1 Å². The second-order valence-electron chi connectivity index (χ2n) is 2.64. The molecule has 0 N–H and O–H groups in total. The maximum absolute atomic E-state index is 10.6. The van der Waals surface area contributed by atoms with Gasteiger partial charge < -0.3 is 0 Å². The number of fused-ring (bicyclic) bond motifs is 1. The largest absolute Gasteiger partial charge is 0.271 e. The summed E-state index contributed by atoms with van der Waals surface area (Å²) in [4.78, 5) is 10.3. The Morgan fingerprint density at radius 2 is 2.00 bits per heavy atom. The molecule has 6 heteroatoms. The molecule has 72 valence electrons. The fourth-order valence-corrected chi connectivity index (χ4v) is 4.79. The molecule has 0 fully saturated rings. The summed E-state index contributed by atoms with van der Waals surface area (Å²) in [5.41, 5.74) is 0.167. The van der Waals surface area contributed by atoms with Gasteiger partial charge in [-0.25, -0.2) is 0 Å². The van der Waals surface area contributed by atoms with Crippen LogP contribution < -0.4 is 0 Å². The lowest BCUT2D eigenvalue weighted by Crippen LogP contribution is -1.88. The molecule has 0 radical (unpaired) electrons. The van der Waals surface area contributed by atoms with Gasteiger partial charge in [-0.1, -0.05) is 0 Å². The first-order chi connectivity index (χ1) is 6.59. The fourth-order valence-electron chi connectivity index (χ4n) is 1.17. The number of benzene rings is 1. The van der Waals surface area contributed by atoms with Gasteiger partial charge in [0.05, 0.1) is 4.92 Å². The van der Waals surface area contributed by atoms with E-state index in [-0.39, 0.29) is 10.6 Å². The molecular formula is C8H3I2NO2S. The van der Waals surface area contributed by atoms with Crippen molar-refractivity contribution >= 4 is 72.3 Å². The van der Waals surface area contributed by atoms with E-state index in [9.17, 15) is 10.1 Å². The van der Waals surface area contributed by atoms with Crippen molar-refractivity contribution in [2.45, 2.75) is 0 Å². The van der Waals surface area contributed by atoms with Crippen LogP contribution in [0.25, 0.3) is 10.1 Å². The van der Waals surface area contributed by atoms with Crippen LogP contribution in [0, 0.1) is 17.3 Å². The molecule has 0 saturated carbocycles. The maximum Gasteiger partial charge on any atom is 0.271 e. The number of halogens is 2. The van der Waals surface area contributed by atoms with Gasteiger partial charge in [0.2, 0.25) is 0 Å². The molecule has 0 spiro atoms. The predicted octanol–water partition coefficient (Wildman–Crippen LogP) is 4.02. The van der Waals surface area contributed by atoms with E-state index in [1.165, 1.54) is 0 Å². The van der Waals surface area contributed by atoms with Crippen LogP contribution in [-0.4, -0.2) is 4.92 Å². The number of hydrogen-bond acceptors (Lipinski definition) is 3. The Morgan fingerprint density at radius 3 is 2.64 bits per heavy atom. The Balaban J connectivity index is 2.80. The molecule has 1 aromatic heterocycles. The molecule has 0 atom stereocenters. The van der Waals surface area contributed by atoms with Crippen LogP contribution in [-0.2, 0) is 0 Å². The summed E-state index contributed by atoms with van der Waals surface area (Å²) in [7, 11) is 0. The Labute approximate surface area is 111 Å². The second-order valence-corrected chi connectivity index (χ2v) is 5.88. The standard InChI is InChI=1S/C8H3I2NO2S/c9-5-1-4(11(12)13)2-7-8(5)6(10)3-14-7/h1-3H. The Morgan fingerprint density at radius 1 is 1.29 bits per heavy atom. The summed E-state index contributed by atoms with van der Waals surface area (Å²) in [6.07, 6.45) is 0. The number of rotatable bonds is 1. The van der Waals surface area contributed by atoms with Gasteiger partial charge in [-0.2, -0.15) is 0 Å². The predicted molar refractivity (Wildman–Crippen MR) is 73.9 cm³/mol. The van der Waals surface area contributed by atoms with Crippen LogP contribution in [0.2, 0.25) is 0 Å². The van der Waals surface area contributed by atoms with Crippen molar-refractivity contribution in [1.82, 2.24) is 0 Å². The monoisotopic (exact) mass is 431 g/mol. The van der Waals surface area contributed by atoms with Gasteiger partial charge in [0.1, 0.15) is 0 Å². The maximum atomic E-state index is 10.6. The Kier molecular flexibility index (Phi) is 2.93. The smallest absolute Gasteiger partial charge is 0.258 e. The molecule has 0 aliphatic carbocycles. The number of hydrogen-bond donors (Lipinski definition) is 0. The third-order valence-electron chi connectivity index (χ3n) is 1.78. The summed E-state index contributed by atoms with van der Waals surface area (Å²) in [6.45, 7) is 0. The van der Waals surface area contributed by atoms with E-state index in [0.717, 1.165) is 17.2 Å². The number of nitrogens with zero attached hydrogens (tertiary/aromatic N) is 1. The molecule has 0 unspecified atom stereocenters. The molecule has 14 heavy (non-hydrogen) atoms. The summed E-state index contributed by atoms with van der Waals surface area (Å²) in [5, 5.41) is 13.7. The summed E-state index contributed by atoms with van der Waals surface area (Å²) in [6, 6.07) is 3.24. The first kappa shape index (κ1) is 10.6. The van der Waals surface area contributed by atoms with Crippen molar-refractivity contribution in [2.75, 3.05) is 0 Å². The van der Waals surface area contributed by atoms with Crippen LogP contribution in [0.5, 0.6) is 0 Å². The lowest BCUT2D eigenvalue weighted by Gasteiger charge is -1.96. The van der Waals surface area contributed by atoms with Gasteiger partial charge in [0.15, 0.2) is 0 Å². The highest BCUT2D eigenvalue weighted by Gasteiger charge is 2.13. The van der Waals surface area contributed by atoms with Crippen LogP contribution in [0.3, 0.4) is 0 Å². The fraction of sp³-hybridized carbons (Fsp3) is 0. The molecule has 0 saturated heterocycles. The van der Waals surface area contributed by atoms with Gasteiger partial charge in [-0.05, 0) is 45.2 Å². The van der Waals surface area contributed by atoms with Crippen molar-refractivity contribution in [3.05, 3.63) is 34.8 Å². The Bertz CT molecular complexity index is 523. The highest BCUT2D eigenvalue weighted by molar-refractivity contribution is 14.1. The van der Waals surface area contributed by atoms with E-state index in [0.29, 0.717) is 0 Å². The number of thiophene rings is 1. The van der Waals surface area contributed by atoms with Crippen molar-refractivity contribution in [1.29, 1.82) is 0 Å². The molecule has 0 aliphatic rings. The van der Waals surface area contributed by atoms with Gasteiger partial charge in [0, 0.05) is 34.7 Å².